The molecule has 7 heteroatoms. The monoisotopic (exact) mass is 495 g/mol. The normalized spacial score (nSPS) is 15.8. The fourth-order valence-electron chi connectivity index (χ4n) is 5.34. The van der Waals surface area contributed by atoms with Crippen LogP contribution >= 0.6 is 11.6 Å². The lowest BCUT2D eigenvalue weighted by molar-refractivity contribution is -0.140. The summed E-state index contributed by atoms with van der Waals surface area (Å²) in [4.78, 5) is 23.1. The van der Waals surface area contributed by atoms with Gasteiger partial charge in [-0.3, -0.25) is 14.8 Å². The molecule has 1 saturated heterocycles. The Morgan fingerprint density at radius 2 is 1.97 bits per heavy atom. The van der Waals surface area contributed by atoms with Gasteiger partial charge in [-0.25, -0.2) is 0 Å². The van der Waals surface area contributed by atoms with Crippen LogP contribution in [0.25, 0.3) is 10.9 Å². The van der Waals surface area contributed by atoms with Gasteiger partial charge in [0, 0.05) is 23.5 Å². The zero-order chi connectivity index (χ0) is 24.7. The van der Waals surface area contributed by atoms with Gasteiger partial charge >= 0.3 is 5.97 Å². The van der Waals surface area contributed by atoms with Crippen molar-refractivity contribution in [2.75, 3.05) is 26.7 Å². The summed E-state index contributed by atoms with van der Waals surface area (Å²) < 4.78 is 5.40. The highest BCUT2D eigenvalue weighted by Crippen LogP contribution is 2.40. The number of ether oxygens (including phenoxy) is 1. The van der Waals surface area contributed by atoms with E-state index in [1.807, 2.05) is 36.5 Å². The number of rotatable bonds is 11. The summed E-state index contributed by atoms with van der Waals surface area (Å²) in [6, 6.07) is 11.9. The summed E-state index contributed by atoms with van der Waals surface area (Å²) in [5.41, 5.74) is 2.93. The van der Waals surface area contributed by atoms with E-state index < -0.39 is 5.97 Å². The van der Waals surface area contributed by atoms with E-state index in [0.29, 0.717) is 5.02 Å². The van der Waals surface area contributed by atoms with Crippen LogP contribution in [0, 0.1) is 5.41 Å². The molecule has 0 bridgehead atoms. The van der Waals surface area contributed by atoms with Gasteiger partial charge in [-0.2, -0.15) is 0 Å². The van der Waals surface area contributed by atoms with E-state index in [4.69, 9.17) is 16.3 Å². The molecule has 0 saturated carbocycles. The molecule has 0 aliphatic carbocycles. The number of halogens is 1. The van der Waals surface area contributed by atoms with Crippen molar-refractivity contribution in [1.29, 1.82) is 0 Å². The number of fused-ring (bicyclic) bond motifs is 1. The number of piperidine rings is 1. The number of carboxylic acid groups (broad SMARTS) is 1. The van der Waals surface area contributed by atoms with Gasteiger partial charge in [-0.15, -0.1) is 0 Å². The molecule has 1 fully saturated rings. The molecule has 1 N–H and O–H groups in total. The second kappa shape index (κ2) is 11.8. The van der Waals surface area contributed by atoms with Crippen LogP contribution in [0.15, 0.2) is 48.8 Å². The Balaban J connectivity index is 1.35. The fraction of sp³-hybridized carbons (Fsp3) is 0.464. The van der Waals surface area contributed by atoms with Crippen molar-refractivity contribution >= 4 is 28.5 Å². The van der Waals surface area contributed by atoms with Gasteiger partial charge in [-0.05, 0) is 106 Å². The van der Waals surface area contributed by atoms with Gasteiger partial charge in [0.1, 0.15) is 5.75 Å². The van der Waals surface area contributed by atoms with Crippen molar-refractivity contribution in [2.45, 2.75) is 51.4 Å². The van der Waals surface area contributed by atoms with Crippen LogP contribution < -0.4 is 4.74 Å². The first kappa shape index (κ1) is 25.4. The first-order valence-corrected chi connectivity index (χ1v) is 12.8. The first-order chi connectivity index (χ1) is 17.0. The van der Waals surface area contributed by atoms with Gasteiger partial charge in [0.25, 0.3) is 0 Å². The van der Waals surface area contributed by atoms with Crippen LogP contribution in [0.5, 0.6) is 5.75 Å². The Hall–Kier alpha value is -2.70. The van der Waals surface area contributed by atoms with Gasteiger partial charge in [0.05, 0.1) is 24.1 Å². The number of nitrogens with zero attached hydrogens (tertiary/aromatic N) is 3. The maximum Gasteiger partial charge on any atom is 0.303 e. The topological polar surface area (TPSA) is 75.6 Å². The Bertz CT molecular complexity index is 1130. The molecule has 2 aromatic heterocycles. The average Bonchev–Trinajstić information content (AvgIpc) is 2.86. The summed E-state index contributed by atoms with van der Waals surface area (Å²) in [5, 5.41) is 11.3. The second-order valence-electron chi connectivity index (χ2n) is 9.66. The van der Waals surface area contributed by atoms with Crippen molar-refractivity contribution in [1.82, 2.24) is 14.9 Å². The highest BCUT2D eigenvalue weighted by atomic mass is 35.5. The molecule has 4 rings (SSSR count). The molecule has 1 aromatic carbocycles. The molecule has 0 unspecified atom stereocenters. The maximum absolute atomic E-state index is 11.8. The van der Waals surface area contributed by atoms with E-state index in [-0.39, 0.29) is 11.8 Å². The molecule has 0 amide bonds. The van der Waals surface area contributed by atoms with Crippen molar-refractivity contribution in [3.8, 4) is 5.75 Å². The minimum Gasteiger partial charge on any atom is -0.497 e. The lowest BCUT2D eigenvalue weighted by atomic mass is 9.72. The van der Waals surface area contributed by atoms with Gasteiger partial charge in [0.15, 0.2) is 0 Å². The predicted octanol–water partition coefficient (Wildman–Crippen LogP) is 5.80. The maximum atomic E-state index is 11.8. The van der Waals surface area contributed by atoms with Crippen LogP contribution in [0.3, 0.4) is 0 Å². The van der Waals surface area contributed by atoms with Crippen molar-refractivity contribution in [3.63, 3.8) is 0 Å². The molecular formula is C28H34ClN3O3. The number of carbonyl (C=O) groups is 1. The molecule has 35 heavy (non-hydrogen) atoms. The van der Waals surface area contributed by atoms with Crippen LogP contribution in [0.2, 0.25) is 5.02 Å². The van der Waals surface area contributed by atoms with Gasteiger partial charge in [0.2, 0.25) is 0 Å². The van der Waals surface area contributed by atoms with Gasteiger partial charge in [-0.1, -0.05) is 17.7 Å². The Labute approximate surface area is 212 Å². The lowest BCUT2D eigenvalue weighted by Crippen LogP contribution is -2.41. The SMILES string of the molecule is COc1ccc2ncc(Cl)c(CCCC3(CC(=O)O)CCN(CCCc4ccccn4)CC3)c2c1. The van der Waals surface area contributed by atoms with Crippen LogP contribution in [-0.4, -0.2) is 52.7 Å². The van der Waals surface area contributed by atoms with Crippen LogP contribution in [-0.2, 0) is 17.6 Å². The highest BCUT2D eigenvalue weighted by Gasteiger charge is 2.36. The summed E-state index contributed by atoms with van der Waals surface area (Å²) in [6.07, 6.45) is 10.2. The molecule has 3 heterocycles. The number of aryl methyl sites for hydroxylation is 2. The zero-order valence-corrected chi connectivity index (χ0v) is 21.1. The number of benzene rings is 1. The number of pyridine rings is 2. The molecule has 6 nitrogen and oxygen atoms in total. The number of hydrogen-bond acceptors (Lipinski definition) is 5. The zero-order valence-electron chi connectivity index (χ0n) is 20.4. The lowest BCUT2D eigenvalue weighted by Gasteiger charge is -2.41. The molecular weight excluding hydrogens is 462 g/mol. The van der Waals surface area contributed by atoms with E-state index in [1.165, 1.54) is 0 Å². The molecule has 1 aliphatic rings. The number of likely N-dealkylation sites (tertiary alicyclic amines) is 1. The van der Waals surface area contributed by atoms with Crippen molar-refractivity contribution in [3.05, 3.63) is 65.1 Å². The number of methoxy groups -OCH3 is 1. The highest BCUT2D eigenvalue weighted by molar-refractivity contribution is 6.32. The molecule has 3 aromatic rings. The van der Waals surface area contributed by atoms with E-state index in [0.717, 1.165) is 92.5 Å². The Morgan fingerprint density at radius 1 is 1.14 bits per heavy atom. The number of carboxylic acids is 1. The summed E-state index contributed by atoms with van der Waals surface area (Å²) in [5.74, 6) is 0.0753. The standard InChI is InChI=1S/C28H34ClN3O3/c1-35-22-9-10-26-24(18-22)23(25(29)20-31-26)8-4-11-28(19-27(33)34)12-16-32(17-13-28)15-5-7-21-6-2-3-14-30-21/h2-3,6,9-10,14,18,20H,4-5,7-8,11-13,15-17,19H2,1H3,(H,33,34). The third-order valence-electron chi connectivity index (χ3n) is 7.34. The number of aromatic nitrogens is 2. The van der Waals surface area contributed by atoms with E-state index in [1.54, 1.807) is 13.3 Å². The van der Waals surface area contributed by atoms with Crippen molar-refractivity contribution in [2.24, 2.45) is 5.41 Å². The number of aliphatic carboxylic acids is 1. The molecule has 0 spiro atoms. The van der Waals surface area contributed by atoms with Crippen LogP contribution in [0.4, 0.5) is 0 Å². The smallest absolute Gasteiger partial charge is 0.303 e. The summed E-state index contributed by atoms with van der Waals surface area (Å²) >= 11 is 6.54. The number of hydrogen-bond donors (Lipinski definition) is 1. The Kier molecular flexibility index (Phi) is 8.58. The molecule has 1 aliphatic heterocycles. The molecule has 0 atom stereocenters. The minimum atomic E-state index is -0.703. The fourth-order valence-corrected chi connectivity index (χ4v) is 5.59. The average molecular weight is 496 g/mol. The molecule has 0 radical (unpaired) electrons. The third-order valence-corrected chi connectivity index (χ3v) is 7.67. The van der Waals surface area contributed by atoms with E-state index >= 15 is 0 Å². The third kappa shape index (κ3) is 6.71. The van der Waals surface area contributed by atoms with E-state index in [2.05, 4.69) is 20.9 Å². The largest absolute Gasteiger partial charge is 0.497 e. The molecule has 186 valence electrons. The predicted molar refractivity (Wildman–Crippen MR) is 139 cm³/mol. The minimum absolute atomic E-state index is 0.156. The van der Waals surface area contributed by atoms with Crippen LogP contribution in [0.1, 0.15) is 49.8 Å². The van der Waals surface area contributed by atoms with E-state index in [9.17, 15) is 9.90 Å². The first-order valence-electron chi connectivity index (χ1n) is 12.4. The summed E-state index contributed by atoms with van der Waals surface area (Å²) in [7, 11) is 1.65. The second-order valence-corrected chi connectivity index (χ2v) is 10.1. The van der Waals surface area contributed by atoms with Gasteiger partial charge < -0.3 is 14.7 Å². The summed E-state index contributed by atoms with van der Waals surface area (Å²) in [6.45, 7) is 2.93. The quantitative estimate of drug-likeness (QED) is 0.362. The van der Waals surface area contributed by atoms with Crippen molar-refractivity contribution < 1.29 is 14.6 Å². The Morgan fingerprint density at radius 3 is 2.69 bits per heavy atom.